The number of nitrogens with one attached hydrogen (secondary N) is 1. The Hall–Kier alpha value is -2.93. The molecule has 1 fully saturated rings. The van der Waals surface area contributed by atoms with Crippen molar-refractivity contribution < 1.29 is 19.1 Å². The lowest BCUT2D eigenvalue weighted by atomic mass is 10.2. The highest BCUT2D eigenvalue weighted by Gasteiger charge is 2.15. The van der Waals surface area contributed by atoms with E-state index in [9.17, 15) is 9.59 Å². The summed E-state index contributed by atoms with van der Waals surface area (Å²) in [6.45, 7) is 5.02. The average Bonchev–Trinajstić information content (AvgIpc) is 2.69. The van der Waals surface area contributed by atoms with Gasteiger partial charge in [-0.3, -0.25) is 9.78 Å². The van der Waals surface area contributed by atoms with Gasteiger partial charge in [0.25, 0.3) is 5.91 Å². The van der Waals surface area contributed by atoms with Crippen LogP contribution in [-0.2, 0) is 9.47 Å². The van der Waals surface area contributed by atoms with Gasteiger partial charge >= 0.3 is 5.97 Å². The summed E-state index contributed by atoms with van der Waals surface area (Å²) in [5.41, 5.74) is 2.31. The number of pyridine rings is 1. The van der Waals surface area contributed by atoms with Gasteiger partial charge in [-0.15, -0.1) is 0 Å². The Kier molecular flexibility index (Phi) is 5.80. The molecule has 1 aliphatic heterocycles. The quantitative estimate of drug-likeness (QED) is 0.829. The van der Waals surface area contributed by atoms with Gasteiger partial charge in [0.1, 0.15) is 5.69 Å². The number of hydrogen-bond donors (Lipinski definition) is 1. The Morgan fingerprint density at radius 1 is 1.19 bits per heavy atom. The number of benzene rings is 1. The summed E-state index contributed by atoms with van der Waals surface area (Å²) < 4.78 is 10.3. The molecule has 2 heterocycles. The number of carbonyl (C=O) groups is 2. The lowest BCUT2D eigenvalue weighted by molar-refractivity contribution is 0.0526. The topological polar surface area (TPSA) is 80.8 Å². The van der Waals surface area contributed by atoms with E-state index in [0.29, 0.717) is 36.8 Å². The number of aromatic nitrogens is 1. The van der Waals surface area contributed by atoms with Gasteiger partial charge in [-0.25, -0.2) is 4.79 Å². The number of rotatable bonds is 5. The molecule has 0 aliphatic carbocycles. The highest BCUT2D eigenvalue weighted by Crippen LogP contribution is 2.17. The summed E-state index contributed by atoms with van der Waals surface area (Å²) in [5, 5.41) is 2.79. The van der Waals surface area contributed by atoms with Crippen molar-refractivity contribution in [3.8, 4) is 0 Å². The fourth-order valence-corrected chi connectivity index (χ4v) is 2.66. The van der Waals surface area contributed by atoms with Crippen LogP contribution in [0.25, 0.3) is 0 Å². The van der Waals surface area contributed by atoms with Crippen LogP contribution >= 0.6 is 0 Å². The third-order valence-electron chi connectivity index (χ3n) is 4.01. The van der Waals surface area contributed by atoms with Crippen LogP contribution in [0, 0.1) is 0 Å². The number of carbonyl (C=O) groups excluding carboxylic acids is 2. The number of morpholine rings is 1. The molecule has 0 atom stereocenters. The van der Waals surface area contributed by atoms with E-state index in [2.05, 4.69) is 15.2 Å². The van der Waals surface area contributed by atoms with Crippen molar-refractivity contribution in [2.24, 2.45) is 0 Å². The van der Waals surface area contributed by atoms with Gasteiger partial charge in [0, 0.05) is 30.7 Å². The zero-order valence-electron chi connectivity index (χ0n) is 14.6. The Bertz CT molecular complexity index is 771. The van der Waals surface area contributed by atoms with Crippen LogP contribution in [0.3, 0.4) is 0 Å². The maximum Gasteiger partial charge on any atom is 0.338 e. The average molecular weight is 355 g/mol. The first kappa shape index (κ1) is 17.9. The molecule has 2 aromatic rings. The first-order valence-corrected chi connectivity index (χ1v) is 8.54. The molecule has 1 aromatic carbocycles. The van der Waals surface area contributed by atoms with Crippen LogP contribution in [0.4, 0.5) is 11.4 Å². The van der Waals surface area contributed by atoms with Crippen LogP contribution in [0.5, 0.6) is 0 Å². The molecule has 0 spiro atoms. The van der Waals surface area contributed by atoms with Crippen molar-refractivity contribution in [1.29, 1.82) is 0 Å². The minimum atomic E-state index is -0.384. The van der Waals surface area contributed by atoms with Crippen molar-refractivity contribution in [2.75, 3.05) is 43.1 Å². The summed E-state index contributed by atoms with van der Waals surface area (Å²) >= 11 is 0. The van der Waals surface area contributed by atoms with Crippen LogP contribution in [0.15, 0.2) is 42.6 Å². The Morgan fingerprint density at radius 2 is 1.92 bits per heavy atom. The molecule has 3 rings (SSSR count). The predicted molar refractivity (Wildman–Crippen MR) is 97.6 cm³/mol. The second-order valence-corrected chi connectivity index (χ2v) is 5.75. The number of amides is 1. The molecule has 136 valence electrons. The summed E-state index contributed by atoms with van der Waals surface area (Å²) in [6, 6.07) is 10.2. The van der Waals surface area contributed by atoms with E-state index in [1.54, 1.807) is 43.5 Å². The largest absolute Gasteiger partial charge is 0.462 e. The molecule has 7 nitrogen and oxygen atoms in total. The summed E-state index contributed by atoms with van der Waals surface area (Å²) in [7, 11) is 0. The maximum absolute atomic E-state index is 12.5. The Labute approximate surface area is 151 Å². The molecule has 0 unspecified atom stereocenters. The highest BCUT2D eigenvalue weighted by atomic mass is 16.5. The molecule has 26 heavy (non-hydrogen) atoms. The smallest absolute Gasteiger partial charge is 0.338 e. The lowest BCUT2D eigenvalue weighted by Crippen LogP contribution is -2.36. The van der Waals surface area contributed by atoms with E-state index in [1.807, 2.05) is 6.07 Å². The van der Waals surface area contributed by atoms with Gasteiger partial charge in [-0.2, -0.15) is 0 Å². The second-order valence-electron chi connectivity index (χ2n) is 5.75. The van der Waals surface area contributed by atoms with Crippen LogP contribution in [0.1, 0.15) is 27.8 Å². The zero-order valence-corrected chi connectivity index (χ0v) is 14.6. The number of ether oxygens (including phenoxy) is 2. The number of anilines is 2. The fraction of sp³-hybridized carbons (Fsp3) is 0.316. The van der Waals surface area contributed by atoms with Crippen molar-refractivity contribution >= 4 is 23.3 Å². The standard InChI is InChI=1S/C19H21N3O4/c1-2-26-19(24)14-3-5-15(6-4-14)21-18(23)17-13-16(7-8-20-17)22-9-11-25-12-10-22/h3-8,13H,2,9-12H2,1H3,(H,21,23). The van der Waals surface area contributed by atoms with Crippen molar-refractivity contribution in [3.05, 3.63) is 53.9 Å². The summed E-state index contributed by atoms with van der Waals surface area (Å²) in [4.78, 5) is 30.4. The number of esters is 1. The van der Waals surface area contributed by atoms with Crippen LogP contribution < -0.4 is 10.2 Å². The Morgan fingerprint density at radius 3 is 2.62 bits per heavy atom. The molecule has 1 amide bonds. The molecule has 0 bridgehead atoms. The van der Waals surface area contributed by atoms with E-state index in [1.165, 1.54) is 0 Å². The zero-order chi connectivity index (χ0) is 18.4. The molecule has 0 saturated carbocycles. The third kappa shape index (κ3) is 4.37. The summed E-state index contributed by atoms with van der Waals surface area (Å²) in [6.07, 6.45) is 1.63. The van der Waals surface area contributed by atoms with E-state index >= 15 is 0 Å². The number of nitrogens with zero attached hydrogens (tertiary/aromatic N) is 2. The van der Waals surface area contributed by atoms with Gasteiger partial charge < -0.3 is 19.7 Å². The Balaban J connectivity index is 1.67. The molecule has 1 N–H and O–H groups in total. The minimum absolute atomic E-state index is 0.302. The van der Waals surface area contributed by atoms with Crippen molar-refractivity contribution in [2.45, 2.75) is 6.92 Å². The van der Waals surface area contributed by atoms with Gasteiger partial charge in [0.15, 0.2) is 0 Å². The molecule has 1 aromatic heterocycles. The molecule has 1 saturated heterocycles. The monoisotopic (exact) mass is 355 g/mol. The summed E-state index contributed by atoms with van der Waals surface area (Å²) in [5.74, 6) is -0.686. The predicted octanol–water partition coefficient (Wildman–Crippen LogP) is 2.35. The van der Waals surface area contributed by atoms with Gasteiger partial charge in [-0.05, 0) is 43.3 Å². The number of hydrogen-bond acceptors (Lipinski definition) is 6. The van der Waals surface area contributed by atoms with Crippen LogP contribution in [0.2, 0.25) is 0 Å². The minimum Gasteiger partial charge on any atom is -0.462 e. The highest BCUT2D eigenvalue weighted by molar-refractivity contribution is 6.03. The second kappa shape index (κ2) is 8.44. The van der Waals surface area contributed by atoms with E-state index in [4.69, 9.17) is 9.47 Å². The first-order valence-electron chi connectivity index (χ1n) is 8.54. The third-order valence-corrected chi connectivity index (χ3v) is 4.01. The molecular weight excluding hydrogens is 334 g/mol. The fourth-order valence-electron chi connectivity index (χ4n) is 2.66. The van der Waals surface area contributed by atoms with Crippen LogP contribution in [-0.4, -0.2) is 49.8 Å². The molecule has 0 radical (unpaired) electrons. The molecule has 7 heteroatoms. The molecule has 1 aliphatic rings. The van der Waals surface area contributed by atoms with Gasteiger partial charge in [0.05, 0.1) is 25.4 Å². The molecular formula is C19H21N3O4. The van der Waals surface area contributed by atoms with E-state index in [-0.39, 0.29) is 11.9 Å². The maximum atomic E-state index is 12.5. The van der Waals surface area contributed by atoms with E-state index in [0.717, 1.165) is 18.8 Å². The SMILES string of the molecule is CCOC(=O)c1ccc(NC(=O)c2cc(N3CCOCC3)ccn2)cc1. The first-order chi connectivity index (χ1) is 12.7. The van der Waals surface area contributed by atoms with E-state index < -0.39 is 0 Å². The van der Waals surface area contributed by atoms with Gasteiger partial charge in [-0.1, -0.05) is 0 Å². The van der Waals surface area contributed by atoms with Crippen molar-refractivity contribution in [3.63, 3.8) is 0 Å². The van der Waals surface area contributed by atoms with Crippen molar-refractivity contribution in [1.82, 2.24) is 4.98 Å². The lowest BCUT2D eigenvalue weighted by Gasteiger charge is -2.28. The normalized spacial score (nSPS) is 14.0. The van der Waals surface area contributed by atoms with Gasteiger partial charge in [0.2, 0.25) is 0 Å².